The Kier molecular flexibility index (Phi) is 5.16. The number of carbonyl (C=O) groups is 2. The van der Waals surface area contributed by atoms with Gasteiger partial charge in [-0.3, -0.25) is 4.79 Å². The molecule has 1 atom stereocenters. The van der Waals surface area contributed by atoms with Gasteiger partial charge in [0.1, 0.15) is 5.01 Å². The molecular formula is C17H17ClN2O3S. The number of carbonyl (C=O) groups excluding carboxylic acids is 2. The zero-order valence-corrected chi connectivity index (χ0v) is 14.7. The molecule has 0 radical (unpaired) electrons. The van der Waals surface area contributed by atoms with Crippen LogP contribution in [0.4, 0.5) is 0 Å². The molecule has 1 aromatic heterocycles. The number of aromatic nitrogens is 1. The summed E-state index contributed by atoms with van der Waals surface area (Å²) in [4.78, 5) is 28.0. The van der Waals surface area contributed by atoms with E-state index < -0.39 is 5.97 Å². The number of hydrogen-bond acceptors (Lipinski definition) is 5. The highest BCUT2D eigenvalue weighted by molar-refractivity contribution is 7.13. The van der Waals surface area contributed by atoms with Crippen molar-refractivity contribution < 1.29 is 14.3 Å². The number of nitrogens with one attached hydrogen (secondary N) is 1. The molecule has 1 fully saturated rings. The third-order valence-corrected chi connectivity index (χ3v) is 4.96. The van der Waals surface area contributed by atoms with Crippen LogP contribution in [0.1, 0.15) is 30.3 Å². The van der Waals surface area contributed by atoms with Gasteiger partial charge in [-0.2, -0.15) is 0 Å². The van der Waals surface area contributed by atoms with Crippen molar-refractivity contribution in [2.75, 3.05) is 6.61 Å². The lowest BCUT2D eigenvalue weighted by Crippen LogP contribution is -2.37. The number of amides is 1. The summed E-state index contributed by atoms with van der Waals surface area (Å²) >= 11 is 7.28. The molecule has 1 aliphatic carbocycles. The number of esters is 1. The molecule has 0 saturated heterocycles. The van der Waals surface area contributed by atoms with Crippen molar-refractivity contribution in [3.63, 3.8) is 0 Å². The first kappa shape index (κ1) is 16.9. The first-order valence-electron chi connectivity index (χ1n) is 7.71. The summed E-state index contributed by atoms with van der Waals surface area (Å²) < 4.78 is 5.03. The summed E-state index contributed by atoms with van der Waals surface area (Å²) in [7, 11) is 0. The number of thiazole rings is 1. The number of rotatable bonds is 6. The fourth-order valence-corrected chi connectivity index (χ4v) is 3.31. The van der Waals surface area contributed by atoms with E-state index >= 15 is 0 Å². The Morgan fingerprint density at radius 2 is 2.25 bits per heavy atom. The van der Waals surface area contributed by atoms with E-state index in [2.05, 4.69) is 10.3 Å². The van der Waals surface area contributed by atoms with Gasteiger partial charge in [0.05, 0.1) is 0 Å². The zero-order valence-electron chi connectivity index (χ0n) is 13.1. The number of halogens is 1. The summed E-state index contributed by atoms with van der Waals surface area (Å²) in [5.41, 5.74) is 1.03. The van der Waals surface area contributed by atoms with Gasteiger partial charge >= 0.3 is 5.97 Å². The van der Waals surface area contributed by atoms with E-state index in [0.717, 1.165) is 18.4 Å². The summed E-state index contributed by atoms with van der Waals surface area (Å²) in [6.45, 7) is 1.68. The van der Waals surface area contributed by atoms with Crippen molar-refractivity contribution in [1.29, 1.82) is 0 Å². The van der Waals surface area contributed by atoms with E-state index in [1.54, 1.807) is 17.5 Å². The molecule has 1 aromatic carbocycles. The van der Waals surface area contributed by atoms with Crippen molar-refractivity contribution in [3.8, 4) is 10.6 Å². The van der Waals surface area contributed by atoms with Crippen LogP contribution >= 0.6 is 22.9 Å². The fourth-order valence-electron chi connectivity index (χ4n) is 2.34. The highest BCUT2D eigenvalue weighted by Crippen LogP contribution is 2.32. The van der Waals surface area contributed by atoms with Crippen LogP contribution in [-0.4, -0.2) is 29.5 Å². The Bertz CT molecular complexity index is 758. The van der Waals surface area contributed by atoms with Gasteiger partial charge in [-0.25, -0.2) is 9.78 Å². The van der Waals surface area contributed by atoms with E-state index in [4.69, 9.17) is 16.3 Å². The van der Waals surface area contributed by atoms with Crippen molar-refractivity contribution in [1.82, 2.24) is 10.3 Å². The van der Waals surface area contributed by atoms with Crippen molar-refractivity contribution in [2.45, 2.75) is 25.8 Å². The lowest BCUT2D eigenvalue weighted by Gasteiger charge is -2.12. The standard InChI is InChI=1S/C17H17ClN2O3S/c1-10(11-5-6-11)19-15(21)8-23-17(22)14-9-24-16(20-14)12-3-2-4-13(18)7-12/h2-4,7,9-11H,5-6,8H2,1H3,(H,19,21)/t10-/m1/s1. The molecular weight excluding hydrogens is 348 g/mol. The van der Waals surface area contributed by atoms with Crippen LogP contribution in [-0.2, 0) is 9.53 Å². The fraction of sp³-hybridized carbons (Fsp3) is 0.353. The molecule has 1 heterocycles. The zero-order chi connectivity index (χ0) is 17.1. The van der Waals surface area contributed by atoms with Crippen molar-refractivity contribution in [2.24, 2.45) is 5.92 Å². The van der Waals surface area contributed by atoms with Crippen molar-refractivity contribution >= 4 is 34.8 Å². The summed E-state index contributed by atoms with van der Waals surface area (Å²) in [6, 6.07) is 7.37. The van der Waals surface area contributed by atoms with Gasteiger partial charge in [0.15, 0.2) is 12.3 Å². The molecule has 0 spiro atoms. The SMILES string of the molecule is C[C@@H](NC(=O)COC(=O)c1csc(-c2cccc(Cl)c2)n1)C1CC1. The minimum absolute atomic E-state index is 0.130. The molecule has 1 aliphatic rings. The van der Waals surface area contributed by atoms with Gasteiger partial charge in [-0.05, 0) is 37.8 Å². The number of nitrogens with zero attached hydrogens (tertiary/aromatic N) is 1. The van der Waals surface area contributed by atoms with Crippen molar-refractivity contribution in [3.05, 3.63) is 40.4 Å². The minimum Gasteiger partial charge on any atom is -0.451 e. The van der Waals surface area contributed by atoms with E-state index in [1.165, 1.54) is 11.3 Å². The molecule has 5 nitrogen and oxygen atoms in total. The van der Waals surface area contributed by atoms with Crippen LogP contribution in [0.5, 0.6) is 0 Å². The smallest absolute Gasteiger partial charge is 0.358 e. The van der Waals surface area contributed by atoms with Crippen LogP contribution in [0.2, 0.25) is 5.02 Å². The largest absolute Gasteiger partial charge is 0.451 e. The molecule has 0 unspecified atom stereocenters. The normalized spacial score (nSPS) is 14.9. The van der Waals surface area contributed by atoms with Gasteiger partial charge < -0.3 is 10.1 Å². The van der Waals surface area contributed by atoms with E-state index in [-0.39, 0.29) is 24.2 Å². The predicted octanol–water partition coefficient (Wildman–Crippen LogP) is 3.54. The maximum absolute atomic E-state index is 12.0. The third kappa shape index (κ3) is 4.33. The molecule has 1 amide bonds. The molecule has 24 heavy (non-hydrogen) atoms. The van der Waals surface area contributed by atoms with E-state index in [1.807, 2.05) is 19.1 Å². The molecule has 7 heteroatoms. The number of hydrogen-bond donors (Lipinski definition) is 1. The first-order valence-corrected chi connectivity index (χ1v) is 8.96. The second-order valence-electron chi connectivity index (χ2n) is 5.82. The van der Waals surface area contributed by atoms with Gasteiger partial charge in [0.2, 0.25) is 0 Å². The molecule has 3 rings (SSSR count). The maximum atomic E-state index is 12.0. The lowest BCUT2D eigenvalue weighted by molar-refractivity contribution is -0.125. The Balaban J connectivity index is 1.54. The molecule has 126 valence electrons. The predicted molar refractivity (Wildman–Crippen MR) is 93.2 cm³/mol. The maximum Gasteiger partial charge on any atom is 0.358 e. The Morgan fingerprint density at radius 3 is 2.96 bits per heavy atom. The first-order chi connectivity index (χ1) is 11.5. The average molecular weight is 365 g/mol. The quantitative estimate of drug-likeness (QED) is 0.796. The van der Waals surface area contributed by atoms with Crippen LogP contribution in [0.25, 0.3) is 10.6 Å². The van der Waals surface area contributed by atoms with Gasteiger partial charge in [0.25, 0.3) is 5.91 Å². The van der Waals surface area contributed by atoms with E-state index in [0.29, 0.717) is 15.9 Å². The summed E-state index contributed by atoms with van der Waals surface area (Å²) in [6.07, 6.45) is 2.29. The van der Waals surface area contributed by atoms with Crippen LogP contribution in [0.3, 0.4) is 0 Å². The molecule has 2 aromatic rings. The number of ether oxygens (including phenoxy) is 1. The topological polar surface area (TPSA) is 68.3 Å². The summed E-state index contributed by atoms with van der Waals surface area (Å²) in [5, 5.41) is 5.73. The van der Waals surface area contributed by atoms with Crippen LogP contribution < -0.4 is 5.32 Å². The molecule has 0 aliphatic heterocycles. The Hall–Kier alpha value is -1.92. The summed E-state index contributed by atoms with van der Waals surface area (Å²) in [5.74, 6) is -0.328. The second kappa shape index (κ2) is 7.32. The minimum atomic E-state index is -0.603. The van der Waals surface area contributed by atoms with Gasteiger partial charge in [0, 0.05) is 22.0 Å². The highest BCUT2D eigenvalue weighted by Gasteiger charge is 2.29. The Labute approximate surface area is 149 Å². The third-order valence-electron chi connectivity index (χ3n) is 3.84. The van der Waals surface area contributed by atoms with Crippen LogP contribution in [0.15, 0.2) is 29.6 Å². The molecule has 1 N–H and O–H groups in total. The van der Waals surface area contributed by atoms with E-state index in [9.17, 15) is 9.59 Å². The average Bonchev–Trinajstić information content (AvgIpc) is 3.29. The number of benzene rings is 1. The lowest BCUT2D eigenvalue weighted by atomic mass is 10.2. The van der Waals surface area contributed by atoms with Crippen LogP contribution in [0, 0.1) is 5.92 Å². The second-order valence-corrected chi connectivity index (χ2v) is 7.11. The molecule has 1 saturated carbocycles. The van der Waals surface area contributed by atoms with Gasteiger partial charge in [-0.1, -0.05) is 23.7 Å². The Morgan fingerprint density at radius 1 is 1.46 bits per heavy atom. The van der Waals surface area contributed by atoms with Gasteiger partial charge in [-0.15, -0.1) is 11.3 Å². The molecule has 0 bridgehead atoms. The highest BCUT2D eigenvalue weighted by atomic mass is 35.5. The monoisotopic (exact) mass is 364 g/mol.